The third-order valence-corrected chi connectivity index (χ3v) is 7.77. The van der Waals surface area contributed by atoms with Crippen LogP contribution in [0.3, 0.4) is 0 Å². The van der Waals surface area contributed by atoms with E-state index in [0.717, 1.165) is 19.3 Å². The Kier molecular flexibility index (Phi) is 3.21. The van der Waals surface area contributed by atoms with Crippen LogP contribution < -0.4 is 0 Å². The molecule has 0 saturated heterocycles. The number of hydrogen-bond acceptors (Lipinski definition) is 3. The summed E-state index contributed by atoms with van der Waals surface area (Å²) in [4.78, 5) is 24.9. The first-order chi connectivity index (χ1) is 10.2. The molecule has 0 aromatic carbocycles. The van der Waals surface area contributed by atoms with Crippen molar-refractivity contribution in [3.05, 3.63) is 0 Å². The fraction of sp³-hybridized carbons (Fsp3) is 0.882. The summed E-state index contributed by atoms with van der Waals surface area (Å²) in [6.45, 7) is 1.59. The monoisotopic (exact) mass is 344 g/mol. The van der Waals surface area contributed by atoms with Crippen molar-refractivity contribution in [3.63, 3.8) is 0 Å². The highest BCUT2D eigenvalue weighted by Gasteiger charge is 2.69. The fourth-order valence-corrected chi connectivity index (χ4v) is 6.21. The van der Waals surface area contributed by atoms with Gasteiger partial charge in [0.2, 0.25) is 0 Å². The normalized spacial score (nSPS) is 47.3. The topological polar surface area (TPSA) is 43.4 Å². The highest BCUT2D eigenvalue weighted by molar-refractivity contribution is 6.53. The molecule has 0 N–H and O–H groups in total. The van der Waals surface area contributed by atoms with Gasteiger partial charge in [-0.3, -0.25) is 9.59 Å². The second-order valence-corrected chi connectivity index (χ2v) is 9.89. The Morgan fingerprint density at radius 3 is 1.91 bits per heavy atom. The van der Waals surface area contributed by atoms with Gasteiger partial charge in [0.25, 0.3) is 0 Å². The summed E-state index contributed by atoms with van der Waals surface area (Å²) in [5, 5.41) is 0. The number of esters is 1. The predicted octanol–water partition coefficient (Wildman–Crippen LogP) is 3.90. The number of carbonyl (C=O) groups excluding carboxylic acids is 2. The molecule has 0 aromatic heterocycles. The number of rotatable bonds is 4. The molecule has 5 fully saturated rings. The highest BCUT2D eigenvalue weighted by atomic mass is 35.5. The zero-order chi connectivity index (χ0) is 15.8. The van der Waals surface area contributed by atoms with Gasteiger partial charge in [-0.2, -0.15) is 0 Å². The molecule has 0 spiro atoms. The van der Waals surface area contributed by atoms with E-state index in [-0.39, 0.29) is 17.8 Å². The first-order valence-electron chi connectivity index (χ1n) is 8.32. The first-order valence-corrected chi connectivity index (χ1v) is 9.08. The van der Waals surface area contributed by atoms with E-state index < -0.39 is 15.7 Å². The molecule has 3 nitrogen and oxygen atoms in total. The van der Waals surface area contributed by atoms with Crippen molar-refractivity contribution in [2.45, 2.75) is 56.2 Å². The molecule has 5 saturated carbocycles. The maximum Gasteiger partial charge on any atom is 0.315 e. The minimum absolute atomic E-state index is 0.107. The van der Waals surface area contributed by atoms with Crippen LogP contribution in [0.25, 0.3) is 0 Å². The van der Waals surface area contributed by atoms with Gasteiger partial charge in [0.1, 0.15) is 9.75 Å². The van der Waals surface area contributed by atoms with E-state index in [2.05, 4.69) is 0 Å². The molecule has 5 rings (SSSR count). The van der Waals surface area contributed by atoms with Crippen molar-refractivity contribution >= 4 is 35.0 Å². The molecular weight excluding hydrogens is 323 g/mol. The Balaban J connectivity index is 1.40. The third kappa shape index (κ3) is 2.15. The lowest BCUT2D eigenvalue weighted by molar-refractivity contribution is -0.160. The number of alkyl halides is 2. The van der Waals surface area contributed by atoms with Gasteiger partial charge in [-0.15, -0.1) is 23.2 Å². The molecule has 0 heterocycles. The van der Waals surface area contributed by atoms with E-state index in [1.807, 2.05) is 0 Å². The van der Waals surface area contributed by atoms with Crippen molar-refractivity contribution in [1.29, 1.82) is 0 Å². The Labute approximate surface area is 141 Å². The Bertz CT molecular complexity index is 507. The maximum atomic E-state index is 12.8. The fourth-order valence-electron chi connectivity index (χ4n) is 5.52. The molecular formula is C17H22Cl2O3. The van der Waals surface area contributed by atoms with Gasteiger partial charge in [-0.1, -0.05) is 0 Å². The minimum Gasteiger partial charge on any atom is -0.457 e. The molecule has 0 aromatic rings. The van der Waals surface area contributed by atoms with Crippen LogP contribution in [0.5, 0.6) is 0 Å². The summed E-state index contributed by atoms with van der Waals surface area (Å²) in [6, 6.07) is 0. The van der Waals surface area contributed by atoms with Crippen molar-refractivity contribution in [1.82, 2.24) is 0 Å². The predicted molar refractivity (Wildman–Crippen MR) is 83.7 cm³/mol. The largest absolute Gasteiger partial charge is 0.457 e. The number of ketones is 1. The maximum absolute atomic E-state index is 12.8. The van der Waals surface area contributed by atoms with Gasteiger partial charge in [0, 0.05) is 11.8 Å². The molecule has 1 unspecified atom stereocenters. The van der Waals surface area contributed by atoms with E-state index in [0.29, 0.717) is 24.2 Å². The van der Waals surface area contributed by atoms with Crippen molar-refractivity contribution in [2.24, 2.45) is 28.6 Å². The molecule has 5 aliphatic rings. The molecule has 4 bridgehead atoms. The lowest BCUT2D eigenvalue weighted by atomic mass is 9.48. The van der Waals surface area contributed by atoms with Crippen LogP contribution in [0.4, 0.5) is 0 Å². The minimum atomic E-state index is -1.03. The molecule has 0 amide bonds. The average molecular weight is 345 g/mol. The quantitative estimate of drug-likeness (QED) is 0.573. The zero-order valence-corrected chi connectivity index (χ0v) is 14.4. The highest BCUT2D eigenvalue weighted by Crippen LogP contribution is 2.64. The summed E-state index contributed by atoms with van der Waals surface area (Å²) in [6.07, 6.45) is 7.29. The second kappa shape index (κ2) is 4.63. The van der Waals surface area contributed by atoms with Crippen LogP contribution in [0.1, 0.15) is 51.9 Å². The van der Waals surface area contributed by atoms with Gasteiger partial charge in [0.15, 0.2) is 12.4 Å². The van der Waals surface area contributed by atoms with Gasteiger partial charge >= 0.3 is 5.97 Å². The number of halogens is 2. The van der Waals surface area contributed by atoms with Crippen LogP contribution >= 0.6 is 23.2 Å². The first kappa shape index (κ1) is 15.3. The number of Topliss-reactive ketones (excluding diaryl/α,β-unsaturated/α-hetero) is 1. The van der Waals surface area contributed by atoms with E-state index in [9.17, 15) is 9.59 Å². The zero-order valence-electron chi connectivity index (χ0n) is 12.9. The standard InChI is InChI=1S/C17H22Cl2O3/c1-15(9-17(15,18)19)14(21)22-8-13(20)16-5-10-2-11(6-16)4-12(3-10)7-16/h10-12H,2-9H2,1H3. The van der Waals surface area contributed by atoms with Gasteiger partial charge in [-0.05, 0) is 63.2 Å². The summed E-state index contributed by atoms with van der Waals surface area (Å²) in [7, 11) is 0. The number of hydrogen-bond donors (Lipinski definition) is 0. The Hall–Kier alpha value is -0.280. The van der Waals surface area contributed by atoms with Crippen LogP contribution in [-0.2, 0) is 14.3 Å². The second-order valence-electron chi connectivity index (χ2n) is 8.41. The van der Waals surface area contributed by atoms with E-state index >= 15 is 0 Å². The van der Waals surface area contributed by atoms with E-state index in [4.69, 9.17) is 27.9 Å². The molecule has 1 atom stereocenters. The van der Waals surface area contributed by atoms with Crippen LogP contribution in [0.2, 0.25) is 0 Å². The van der Waals surface area contributed by atoms with Gasteiger partial charge in [-0.25, -0.2) is 0 Å². The third-order valence-electron chi connectivity index (χ3n) is 6.67. The SMILES string of the molecule is CC1(C(=O)OCC(=O)C23CC4CC(CC(C4)C2)C3)CC1(Cl)Cl. The number of carbonyl (C=O) groups is 2. The lowest BCUT2D eigenvalue weighted by Gasteiger charge is -2.55. The van der Waals surface area contributed by atoms with Crippen molar-refractivity contribution in [3.8, 4) is 0 Å². The molecule has 0 radical (unpaired) electrons. The summed E-state index contributed by atoms with van der Waals surface area (Å²) in [5.41, 5.74) is -1.06. The summed E-state index contributed by atoms with van der Waals surface area (Å²) >= 11 is 12.0. The van der Waals surface area contributed by atoms with Crippen LogP contribution in [0.15, 0.2) is 0 Å². The average Bonchev–Trinajstić information content (AvgIpc) is 2.94. The van der Waals surface area contributed by atoms with Gasteiger partial charge < -0.3 is 4.74 Å². The smallest absolute Gasteiger partial charge is 0.315 e. The van der Waals surface area contributed by atoms with Crippen LogP contribution in [0, 0.1) is 28.6 Å². The van der Waals surface area contributed by atoms with E-state index in [1.54, 1.807) is 6.92 Å². The van der Waals surface area contributed by atoms with E-state index in [1.165, 1.54) is 19.3 Å². The van der Waals surface area contributed by atoms with Crippen molar-refractivity contribution in [2.75, 3.05) is 6.61 Å². The van der Waals surface area contributed by atoms with Gasteiger partial charge in [0.05, 0.1) is 0 Å². The van der Waals surface area contributed by atoms with Crippen molar-refractivity contribution < 1.29 is 14.3 Å². The molecule has 5 aliphatic carbocycles. The number of ether oxygens (including phenoxy) is 1. The summed E-state index contributed by atoms with van der Waals surface area (Å²) in [5.74, 6) is 1.83. The molecule has 22 heavy (non-hydrogen) atoms. The molecule has 0 aliphatic heterocycles. The Morgan fingerprint density at radius 1 is 1.05 bits per heavy atom. The molecule has 122 valence electrons. The lowest BCUT2D eigenvalue weighted by Crippen LogP contribution is -2.51. The Morgan fingerprint density at radius 2 is 1.50 bits per heavy atom. The van der Waals surface area contributed by atoms with Crippen LogP contribution in [-0.4, -0.2) is 22.7 Å². The summed E-state index contributed by atoms with van der Waals surface area (Å²) < 4.78 is 4.26. The molecule has 5 heteroatoms.